The van der Waals surface area contributed by atoms with Gasteiger partial charge in [0.1, 0.15) is 16.7 Å². The maximum atomic E-state index is 13.9. The van der Waals surface area contributed by atoms with E-state index in [-0.39, 0.29) is 16.8 Å². The van der Waals surface area contributed by atoms with Gasteiger partial charge in [-0.15, -0.1) is 0 Å². The van der Waals surface area contributed by atoms with Gasteiger partial charge in [-0.2, -0.15) is 5.26 Å². The number of sulfonamides is 1. The smallest absolute Gasteiger partial charge is 0.246 e. The van der Waals surface area contributed by atoms with Crippen LogP contribution in [0.15, 0.2) is 40.8 Å². The molecule has 2 aliphatic carbocycles. The Hall–Kier alpha value is -2.99. The lowest BCUT2D eigenvalue weighted by Gasteiger charge is -2.35. The van der Waals surface area contributed by atoms with Crippen LogP contribution in [0.1, 0.15) is 59.3 Å². The first-order chi connectivity index (χ1) is 16.6. The molecule has 0 spiro atoms. The summed E-state index contributed by atoms with van der Waals surface area (Å²) in [7, 11) is -0.892. The van der Waals surface area contributed by atoms with Crippen LogP contribution in [0.5, 0.6) is 5.75 Å². The second kappa shape index (κ2) is 8.30. The fourth-order valence-corrected chi connectivity index (χ4v) is 6.45. The number of fused-ring (bicyclic) bond motifs is 3. The molecular formula is C27H29N3O4S. The molecule has 5 rings (SSSR count). The summed E-state index contributed by atoms with van der Waals surface area (Å²) in [4.78, 5) is 13.9. The minimum Gasteiger partial charge on any atom is -0.489 e. The van der Waals surface area contributed by atoms with Gasteiger partial charge >= 0.3 is 0 Å². The monoisotopic (exact) mass is 491 g/mol. The highest BCUT2D eigenvalue weighted by Gasteiger charge is 2.44. The number of hydrogen-bond donors (Lipinski definition) is 1. The number of hydrogen-bond acceptors (Lipinski definition) is 6. The molecule has 2 aromatic carbocycles. The minimum atomic E-state index is -3.86. The van der Waals surface area contributed by atoms with Crippen LogP contribution in [0.2, 0.25) is 0 Å². The molecule has 1 fully saturated rings. The van der Waals surface area contributed by atoms with Crippen molar-refractivity contribution in [2.75, 3.05) is 27.2 Å². The summed E-state index contributed by atoms with van der Waals surface area (Å²) in [6, 6.07) is 10.9. The average Bonchev–Trinajstić information content (AvgIpc) is 3.23. The Morgan fingerprint density at radius 3 is 2.49 bits per heavy atom. The number of allylic oxidation sites excluding steroid dienone is 2. The second-order valence-corrected chi connectivity index (χ2v) is 12.3. The zero-order valence-electron chi connectivity index (χ0n) is 20.4. The third kappa shape index (κ3) is 3.70. The summed E-state index contributed by atoms with van der Waals surface area (Å²) in [6.07, 6.45) is 2.06. The Balaban J connectivity index is 1.68. The van der Waals surface area contributed by atoms with E-state index >= 15 is 0 Å². The van der Waals surface area contributed by atoms with Crippen molar-refractivity contribution >= 4 is 21.4 Å². The summed E-state index contributed by atoms with van der Waals surface area (Å²) in [5.74, 6) is 0.123. The van der Waals surface area contributed by atoms with Gasteiger partial charge in [0.15, 0.2) is 5.78 Å². The van der Waals surface area contributed by atoms with Crippen molar-refractivity contribution in [3.63, 3.8) is 0 Å². The molecule has 8 heteroatoms. The SMILES string of the molecule is CN(C)S(=O)(=O)c1cc2c(cc1OC1CCNCC1)C(C)(C)C1=C(C2=O)c2ccc(C#N)cc2C1. The molecule has 1 N–H and O–H groups in total. The Kier molecular flexibility index (Phi) is 5.63. The van der Waals surface area contributed by atoms with Crippen LogP contribution in [0.3, 0.4) is 0 Å². The van der Waals surface area contributed by atoms with Gasteiger partial charge < -0.3 is 10.1 Å². The lowest BCUT2D eigenvalue weighted by atomic mass is 9.68. The first-order valence-electron chi connectivity index (χ1n) is 11.9. The lowest BCUT2D eigenvalue weighted by molar-refractivity contribution is 0.105. The van der Waals surface area contributed by atoms with Crippen LogP contribution in [0.25, 0.3) is 5.57 Å². The van der Waals surface area contributed by atoms with Gasteiger partial charge in [-0.05, 0) is 78.9 Å². The second-order valence-electron chi connectivity index (χ2n) is 10.2. The number of Topliss-reactive ketones (excluding diaryl/α,β-unsaturated/α-hetero) is 1. The van der Waals surface area contributed by atoms with E-state index in [2.05, 4.69) is 25.2 Å². The molecule has 35 heavy (non-hydrogen) atoms. The average molecular weight is 492 g/mol. The number of ether oxygens (including phenoxy) is 1. The number of rotatable bonds is 4. The molecule has 0 amide bonds. The topological polar surface area (TPSA) is 99.5 Å². The normalized spacial score (nSPS) is 19.3. The predicted octanol–water partition coefficient (Wildman–Crippen LogP) is 3.42. The molecule has 0 radical (unpaired) electrons. The van der Waals surface area contributed by atoms with E-state index in [1.165, 1.54) is 20.2 Å². The maximum Gasteiger partial charge on any atom is 0.246 e. The van der Waals surface area contributed by atoms with Crippen molar-refractivity contribution in [3.05, 3.63) is 63.7 Å². The third-order valence-corrected chi connectivity index (χ3v) is 9.33. The Morgan fingerprint density at radius 2 is 1.83 bits per heavy atom. The molecule has 1 heterocycles. The third-order valence-electron chi connectivity index (χ3n) is 7.49. The summed E-state index contributed by atoms with van der Waals surface area (Å²) >= 11 is 0. The van der Waals surface area contributed by atoms with E-state index in [4.69, 9.17) is 4.74 Å². The number of nitrogens with one attached hydrogen (secondary N) is 1. The molecule has 0 saturated carbocycles. The standard InChI is InChI=1S/C27H29N3O4S/c1-27(2)21-14-23(34-18-7-9-29-10-8-18)24(35(32,33)30(3)4)13-20(21)26(31)25-19-6-5-16(15-28)11-17(19)12-22(25)27/h5-6,11,13-14,18,29H,7-10,12H2,1-4H3. The van der Waals surface area contributed by atoms with E-state index in [1.54, 1.807) is 12.1 Å². The van der Waals surface area contributed by atoms with E-state index in [1.807, 2.05) is 12.1 Å². The molecule has 1 saturated heterocycles. The van der Waals surface area contributed by atoms with Crippen molar-refractivity contribution < 1.29 is 17.9 Å². The van der Waals surface area contributed by atoms with E-state index in [9.17, 15) is 18.5 Å². The van der Waals surface area contributed by atoms with Gasteiger partial charge in [0.25, 0.3) is 0 Å². The molecule has 3 aliphatic rings. The zero-order chi connectivity index (χ0) is 25.1. The first-order valence-corrected chi connectivity index (χ1v) is 13.3. The molecule has 7 nitrogen and oxygen atoms in total. The van der Waals surface area contributed by atoms with Gasteiger partial charge in [-0.25, -0.2) is 12.7 Å². The molecule has 182 valence electrons. The van der Waals surface area contributed by atoms with Gasteiger partial charge in [-0.1, -0.05) is 19.9 Å². The predicted molar refractivity (Wildman–Crippen MR) is 133 cm³/mol. The van der Waals surface area contributed by atoms with Gasteiger partial charge in [0, 0.05) is 30.6 Å². The van der Waals surface area contributed by atoms with Crippen molar-refractivity contribution in [1.29, 1.82) is 5.26 Å². The van der Waals surface area contributed by atoms with Crippen LogP contribution in [-0.2, 0) is 21.9 Å². The summed E-state index contributed by atoms with van der Waals surface area (Å²) < 4.78 is 34.1. The van der Waals surface area contributed by atoms with Crippen LogP contribution < -0.4 is 10.1 Å². The Labute approximate surface area is 206 Å². The molecule has 2 aromatic rings. The van der Waals surface area contributed by atoms with Gasteiger partial charge in [-0.3, -0.25) is 4.79 Å². The summed E-state index contributed by atoms with van der Waals surface area (Å²) in [5, 5.41) is 12.6. The summed E-state index contributed by atoms with van der Waals surface area (Å²) in [6.45, 7) is 5.77. The van der Waals surface area contributed by atoms with E-state index in [0.717, 1.165) is 52.5 Å². The van der Waals surface area contributed by atoms with E-state index < -0.39 is 15.4 Å². The fraction of sp³-hybridized carbons (Fsp3) is 0.407. The highest BCUT2D eigenvalue weighted by molar-refractivity contribution is 7.89. The number of carbonyl (C=O) groups excluding carboxylic acids is 1. The van der Waals surface area contributed by atoms with Gasteiger partial charge in [0.05, 0.1) is 11.6 Å². The fourth-order valence-electron chi connectivity index (χ4n) is 5.43. The van der Waals surface area contributed by atoms with Crippen LogP contribution >= 0.6 is 0 Å². The number of nitrogens with zero attached hydrogens (tertiary/aromatic N) is 2. The van der Waals surface area contributed by atoms with Crippen LogP contribution in [0, 0.1) is 11.3 Å². The maximum absolute atomic E-state index is 13.9. The molecule has 0 unspecified atom stereocenters. The molecule has 1 aliphatic heterocycles. The Bertz CT molecular complexity index is 1430. The molecule has 0 bridgehead atoms. The van der Waals surface area contributed by atoms with Crippen molar-refractivity contribution in [2.45, 2.75) is 49.5 Å². The zero-order valence-corrected chi connectivity index (χ0v) is 21.3. The largest absolute Gasteiger partial charge is 0.489 e. The highest BCUT2D eigenvalue weighted by Crippen LogP contribution is 2.51. The van der Waals surface area contributed by atoms with Crippen molar-refractivity contribution in [3.8, 4) is 11.8 Å². The first kappa shape index (κ1) is 23.7. The van der Waals surface area contributed by atoms with E-state index in [0.29, 0.717) is 28.9 Å². The molecule has 0 aromatic heterocycles. The van der Waals surface area contributed by atoms with Crippen molar-refractivity contribution in [1.82, 2.24) is 9.62 Å². The molecule has 0 atom stereocenters. The quantitative estimate of drug-likeness (QED) is 0.704. The number of ketones is 1. The summed E-state index contributed by atoms with van der Waals surface area (Å²) in [5.41, 5.74) is 4.61. The van der Waals surface area contributed by atoms with Crippen LogP contribution in [-0.4, -0.2) is 51.8 Å². The molecular weight excluding hydrogens is 462 g/mol. The highest BCUT2D eigenvalue weighted by atomic mass is 32.2. The Morgan fingerprint density at radius 1 is 1.11 bits per heavy atom. The minimum absolute atomic E-state index is 0.0195. The van der Waals surface area contributed by atoms with Gasteiger partial charge in [0.2, 0.25) is 10.0 Å². The number of carbonyl (C=O) groups is 1. The lowest BCUT2D eigenvalue weighted by Crippen LogP contribution is -2.35. The van der Waals surface area contributed by atoms with Crippen molar-refractivity contribution in [2.24, 2.45) is 0 Å². The number of benzene rings is 2. The number of piperidine rings is 1. The number of nitriles is 1. The van der Waals surface area contributed by atoms with Crippen LogP contribution in [0.4, 0.5) is 0 Å².